The fraction of sp³-hybridized carbons (Fsp3) is 0.462. The molecule has 1 aliphatic rings. The van der Waals surface area contributed by atoms with Gasteiger partial charge in [0.15, 0.2) is 0 Å². The maximum Gasteiger partial charge on any atom is 0.303 e. The summed E-state index contributed by atoms with van der Waals surface area (Å²) in [5.74, 6) is -0.535. The number of hydrogen-bond donors (Lipinski definition) is 1. The van der Waals surface area contributed by atoms with E-state index >= 15 is 0 Å². The van der Waals surface area contributed by atoms with E-state index in [1.807, 2.05) is 12.1 Å². The minimum absolute atomic E-state index is 0.201. The van der Waals surface area contributed by atoms with Gasteiger partial charge in [-0.2, -0.15) is 5.26 Å². The van der Waals surface area contributed by atoms with Gasteiger partial charge in [0.2, 0.25) is 0 Å². The number of anilines is 1. The summed E-state index contributed by atoms with van der Waals surface area (Å²) in [5.41, 5.74) is 1.36. The van der Waals surface area contributed by atoms with Gasteiger partial charge >= 0.3 is 5.97 Å². The summed E-state index contributed by atoms with van der Waals surface area (Å²) in [6, 6.07) is 5.54. The summed E-state index contributed by atoms with van der Waals surface area (Å²) in [4.78, 5) is 16.9. The van der Waals surface area contributed by atoms with Gasteiger partial charge in [0.05, 0.1) is 11.9 Å². The van der Waals surface area contributed by atoms with Crippen molar-refractivity contribution in [3.8, 4) is 6.07 Å². The lowest BCUT2D eigenvalue weighted by Gasteiger charge is -2.33. The number of pyridine rings is 1. The maximum absolute atomic E-state index is 10.7. The molecule has 1 saturated heterocycles. The van der Waals surface area contributed by atoms with Crippen molar-refractivity contribution in [2.75, 3.05) is 18.0 Å². The Morgan fingerprint density at radius 3 is 3.06 bits per heavy atom. The minimum Gasteiger partial charge on any atom is -0.481 e. The third kappa shape index (κ3) is 2.98. The number of hydrogen-bond acceptors (Lipinski definition) is 4. The van der Waals surface area contributed by atoms with Crippen LogP contribution in [0.1, 0.15) is 25.0 Å². The van der Waals surface area contributed by atoms with Crippen LogP contribution < -0.4 is 4.90 Å². The molecule has 5 heteroatoms. The summed E-state index contributed by atoms with van der Waals surface area (Å²) in [5, 5.41) is 17.5. The summed E-state index contributed by atoms with van der Waals surface area (Å²) in [7, 11) is 0. The van der Waals surface area contributed by atoms with Crippen LogP contribution in [0, 0.1) is 17.2 Å². The van der Waals surface area contributed by atoms with Crippen LogP contribution in [0.2, 0.25) is 0 Å². The van der Waals surface area contributed by atoms with Crippen LogP contribution in [0.15, 0.2) is 18.3 Å². The van der Waals surface area contributed by atoms with E-state index in [2.05, 4.69) is 9.88 Å². The van der Waals surface area contributed by atoms with Gasteiger partial charge in [-0.25, -0.2) is 4.98 Å². The average molecular weight is 245 g/mol. The maximum atomic E-state index is 10.7. The molecule has 1 fully saturated rings. The third-order valence-corrected chi connectivity index (χ3v) is 3.21. The number of carbonyl (C=O) groups is 1. The molecule has 1 atom stereocenters. The van der Waals surface area contributed by atoms with Crippen LogP contribution in [0.3, 0.4) is 0 Å². The zero-order valence-corrected chi connectivity index (χ0v) is 10.0. The molecule has 0 aromatic carbocycles. The molecule has 1 aromatic rings. The molecular formula is C13H15N3O2. The number of aromatic nitrogens is 1. The molecule has 1 unspecified atom stereocenters. The van der Waals surface area contributed by atoms with E-state index in [0.717, 1.165) is 31.6 Å². The zero-order valence-electron chi connectivity index (χ0n) is 10.0. The van der Waals surface area contributed by atoms with E-state index in [9.17, 15) is 4.79 Å². The second-order valence-electron chi connectivity index (χ2n) is 4.57. The van der Waals surface area contributed by atoms with E-state index in [0.29, 0.717) is 5.69 Å². The molecule has 1 aromatic heterocycles. The zero-order chi connectivity index (χ0) is 13.0. The van der Waals surface area contributed by atoms with Gasteiger partial charge in [0.1, 0.15) is 11.8 Å². The first kappa shape index (κ1) is 12.4. The Labute approximate surface area is 106 Å². The van der Waals surface area contributed by atoms with Gasteiger partial charge in [0.25, 0.3) is 0 Å². The molecule has 1 N–H and O–H groups in total. The summed E-state index contributed by atoms with van der Waals surface area (Å²) in [6.45, 7) is 1.67. The Kier molecular flexibility index (Phi) is 3.78. The molecule has 1 aliphatic heterocycles. The smallest absolute Gasteiger partial charge is 0.303 e. The van der Waals surface area contributed by atoms with Crippen LogP contribution in [0.4, 0.5) is 5.69 Å². The molecule has 94 valence electrons. The van der Waals surface area contributed by atoms with E-state index in [1.54, 1.807) is 12.3 Å². The second-order valence-corrected chi connectivity index (χ2v) is 4.57. The van der Waals surface area contributed by atoms with Gasteiger partial charge in [-0.1, -0.05) is 0 Å². The SMILES string of the molecule is N#Cc1ccc(N2CCCC(CC(=O)O)C2)cn1. The monoisotopic (exact) mass is 245 g/mol. The average Bonchev–Trinajstić information content (AvgIpc) is 2.38. The topological polar surface area (TPSA) is 77.2 Å². The van der Waals surface area contributed by atoms with Gasteiger partial charge in [-0.3, -0.25) is 4.79 Å². The Morgan fingerprint density at radius 2 is 2.44 bits per heavy atom. The van der Waals surface area contributed by atoms with Gasteiger partial charge in [0, 0.05) is 19.5 Å². The number of aliphatic carboxylic acids is 1. The second kappa shape index (κ2) is 5.50. The molecule has 0 bridgehead atoms. The highest BCUT2D eigenvalue weighted by molar-refractivity contribution is 5.67. The van der Waals surface area contributed by atoms with Crippen molar-refractivity contribution in [3.63, 3.8) is 0 Å². The molecule has 0 aliphatic carbocycles. The first-order valence-electron chi connectivity index (χ1n) is 6.02. The van der Waals surface area contributed by atoms with Crippen molar-refractivity contribution in [1.82, 2.24) is 4.98 Å². The summed E-state index contributed by atoms with van der Waals surface area (Å²) in [6.07, 6.45) is 3.87. The summed E-state index contributed by atoms with van der Waals surface area (Å²) < 4.78 is 0. The summed E-state index contributed by atoms with van der Waals surface area (Å²) >= 11 is 0. The van der Waals surface area contributed by atoms with Crippen molar-refractivity contribution in [2.45, 2.75) is 19.3 Å². The van der Waals surface area contributed by atoms with Crippen LogP contribution >= 0.6 is 0 Å². The molecule has 0 saturated carbocycles. The predicted molar refractivity (Wildman–Crippen MR) is 66.1 cm³/mol. The van der Waals surface area contributed by atoms with Gasteiger partial charge in [-0.05, 0) is 30.9 Å². The molecule has 2 heterocycles. The molecule has 0 spiro atoms. The highest BCUT2D eigenvalue weighted by Gasteiger charge is 2.22. The van der Waals surface area contributed by atoms with Crippen molar-refractivity contribution in [2.24, 2.45) is 5.92 Å². The fourth-order valence-electron chi connectivity index (χ4n) is 2.35. The highest BCUT2D eigenvalue weighted by atomic mass is 16.4. The van der Waals surface area contributed by atoms with E-state index < -0.39 is 5.97 Å². The Morgan fingerprint density at radius 1 is 1.61 bits per heavy atom. The van der Waals surface area contributed by atoms with Crippen LogP contribution in [-0.4, -0.2) is 29.1 Å². The largest absolute Gasteiger partial charge is 0.481 e. The van der Waals surface area contributed by atoms with Gasteiger partial charge < -0.3 is 10.0 Å². The standard InChI is InChI=1S/C13H15N3O2/c14-7-11-3-4-12(8-15-11)16-5-1-2-10(9-16)6-13(17)18/h3-4,8,10H,1-2,5-6,9H2,(H,17,18). The Hall–Kier alpha value is -2.09. The predicted octanol–water partition coefficient (Wildman–Crippen LogP) is 1.64. The molecule has 5 nitrogen and oxygen atoms in total. The molecular weight excluding hydrogens is 230 g/mol. The van der Waals surface area contributed by atoms with Crippen molar-refractivity contribution >= 4 is 11.7 Å². The van der Waals surface area contributed by atoms with Crippen LogP contribution in [-0.2, 0) is 4.79 Å². The van der Waals surface area contributed by atoms with E-state index in [-0.39, 0.29) is 12.3 Å². The Balaban J connectivity index is 2.03. The number of rotatable bonds is 3. The fourth-order valence-corrected chi connectivity index (χ4v) is 2.35. The quantitative estimate of drug-likeness (QED) is 0.876. The lowest BCUT2D eigenvalue weighted by Crippen LogP contribution is -2.36. The van der Waals surface area contributed by atoms with Crippen molar-refractivity contribution in [3.05, 3.63) is 24.0 Å². The normalized spacial score (nSPS) is 19.3. The number of carboxylic acid groups (broad SMARTS) is 1. The first-order valence-corrected chi connectivity index (χ1v) is 6.02. The molecule has 2 rings (SSSR count). The molecule has 18 heavy (non-hydrogen) atoms. The number of carboxylic acids is 1. The van der Waals surface area contributed by atoms with Crippen molar-refractivity contribution < 1.29 is 9.90 Å². The van der Waals surface area contributed by atoms with Crippen LogP contribution in [0.5, 0.6) is 0 Å². The minimum atomic E-state index is -0.736. The van der Waals surface area contributed by atoms with Crippen LogP contribution in [0.25, 0.3) is 0 Å². The molecule has 0 amide bonds. The first-order chi connectivity index (χ1) is 8.69. The highest BCUT2D eigenvalue weighted by Crippen LogP contribution is 2.24. The number of piperidine rings is 1. The Bertz CT molecular complexity index is 464. The number of nitriles is 1. The van der Waals surface area contributed by atoms with E-state index in [4.69, 9.17) is 10.4 Å². The van der Waals surface area contributed by atoms with Gasteiger partial charge in [-0.15, -0.1) is 0 Å². The van der Waals surface area contributed by atoms with E-state index in [1.165, 1.54) is 0 Å². The lowest BCUT2D eigenvalue weighted by atomic mass is 9.94. The number of nitrogens with zero attached hydrogens (tertiary/aromatic N) is 3. The third-order valence-electron chi connectivity index (χ3n) is 3.21. The van der Waals surface area contributed by atoms with Crippen molar-refractivity contribution in [1.29, 1.82) is 5.26 Å². The lowest BCUT2D eigenvalue weighted by molar-refractivity contribution is -0.138. The molecule has 0 radical (unpaired) electrons.